The average molecular weight is 1040 g/mol. The van der Waals surface area contributed by atoms with Crippen LogP contribution in [-0.4, -0.2) is 93.0 Å². The lowest BCUT2D eigenvalue weighted by Gasteiger charge is -2.37. The first-order valence-corrected chi connectivity index (χ1v) is 26.1. The van der Waals surface area contributed by atoms with Crippen molar-refractivity contribution in [1.82, 2.24) is 29.4 Å². The first kappa shape index (κ1) is 51.7. The first-order chi connectivity index (χ1) is 36.8. The molecule has 7 aromatic carbocycles. The summed E-state index contributed by atoms with van der Waals surface area (Å²) in [6.07, 6.45) is -1.16. The molecule has 76 heavy (non-hydrogen) atoms. The van der Waals surface area contributed by atoms with Gasteiger partial charge in [0.2, 0.25) is 5.78 Å². The van der Waals surface area contributed by atoms with Crippen molar-refractivity contribution in [3.63, 3.8) is 0 Å². The van der Waals surface area contributed by atoms with Gasteiger partial charge in [0, 0.05) is 29.9 Å². The molecule has 9 aromatic rings. The van der Waals surface area contributed by atoms with Crippen LogP contribution >= 0.6 is 8.25 Å². The summed E-state index contributed by atoms with van der Waals surface area (Å²) in [7, 11) is -0.379. The maximum atomic E-state index is 14.8. The number of carbonyl (C=O) groups is 1. The molecule has 0 spiro atoms. The number of hydrogen-bond donors (Lipinski definition) is 1. The van der Waals surface area contributed by atoms with Gasteiger partial charge in [-0.2, -0.15) is 5.26 Å². The van der Waals surface area contributed by atoms with Gasteiger partial charge in [0.05, 0.1) is 39.7 Å². The van der Waals surface area contributed by atoms with Gasteiger partial charge < -0.3 is 28.0 Å². The normalized spacial score (nSPS) is 17.7. The molecule has 3 heterocycles. The Morgan fingerprint density at radius 3 is 2.00 bits per heavy atom. The van der Waals surface area contributed by atoms with Gasteiger partial charge in [-0.3, -0.25) is 28.6 Å². The van der Waals surface area contributed by atoms with Gasteiger partial charge in [0.15, 0.2) is 11.9 Å². The van der Waals surface area contributed by atoms with E-state index in [1.54, 1.807) is 20.3 Å². The van der Waals surface area contributed by atoms with E-state index in [1.807, 2.05) is 154 Å². The Morgan fingerprint density at radius 1 is 0.789 bits per heavy atom. The predicted molar refractivity (Wildman–Crippen MR) is 287 cm³/mol. The third-order valence-electron chi connectivity index (χ3n) is 14.2. The van der Waals surface area contributed by atoms with E-state index in [2.05, 4.69) is 27.4 Å². The van der Waals surface area contributed by atoms with Crippen LogP contribution < -0.4 is 20.7 Å². The molecule has 0 amide bonds. The van der Waals surface area contributed by atoms with Crippen LogP contribution in [0.15, 0.2) is 162 Å². The highest BCUT2D eigenvalue weighted by atomic mass is 31.1. The fourth-order valence-electron chi connectivity index (χ4n) is 10.8. The number of carbonyl (C=O) groups excluding carboxylic acids is 1. The van der Waals surface area contributed by atoms with Crippen molar-refractivity contribution in [2.75, 3.05) is 27.4 Å². The standard InChI is InChI=1S/C58H56N7O10P/c1-35(2)65(36(3)4)43(31-59)33-73-76(69)75-55-49(34-72-58(40-13-8-7-9-14-40,41-19-23-44(70-5)24-20-41)42-21-25-45(71-6)26-22-42)74-56(63-30-29-50(66)60-57(63)68)53(55)64-32-48(61-62-64)54(67)47-28-18-39-16-15-37-11-10-12-38-17-27-46(47)52(39)51(37)38/h7-30,32,35-36,43,49,53,55-56,76H,33-34H2,1-6H3,(H,60,66,68)/t43?,49-,53?,55?,56-/m0/s1. The number of nitrogens with one attached hydrogen (secondary N) is 1. The maximum absolute atomic E-state index is 14.8. The minimum atomic E-state index is -3.54. The molecule has 6 atom stereocenters. The molecular formula is C58H56N7O10P. The molecule has 17 nitrogen and oxygen atoms in total. The van der Waals surface area contributed by atoms with E-state index in [0.29, 0.717) is 28.2 Å². The molecule has 1 fully saturated rings. The Kier molecular flexibility index (Phi) is 14.8. The number of H-pyrrole nitrogens is 1. The quantitative estimate of drug-likeness (QED) is 0.0327. The fourth-order valence-corrected chi connectivity index (χ4v) is 11.7. The van der Waals surface area contributed by atoms with Gasteiger partial charge in [0.1, 0.15) is 41.4 Å². The van der Waals surface area contributed by atoms with Crippen molar-refractivity contribution in [2.24, 2.45) is 0 Å². The fraction of sp³-hybridized carbons (Fsp3) is 0.276. The van der Waals surface area contributed by atoms with Crippen LogP contribution in [0.3, 0.4) is 0 Å². The van der Waals surface area contributed by atoms with E-state index in [9.17, 15) is 24.2 Å². The number of benzene rings is 7. The summed E-state index contributed by atoms with van der Waals surface area (Å²) < 4.78 is 54.8. The molecule has 0 saturated carbocycles. The summed E-state index contributed by atoms with van der Waals surface area (Å²) in [6, 6.07) is 43.6. The summed E-state index contributed by atoms with van der Waals surface area (Å²) in [5.41, 5.74) is -0.355. The van der Waals surface area contributed by atoms with Crippen LogP contribution in [-0.2, 0) is 28.7 Å². The minimum Gasteiger partial charge on any atom is -0.497 e. The second kappa shape index (κ2) is 21.8. The summed E-state index contributed by atoms with van der Waals surface area (Å²) in [5.74, 6) is 0.802. The number of aromatic amines is 1. The molecule has 0 radical (unpaired) electrons. The van der Waals surface area contributed by atoms with Crippen molar-refractivity contribution in [1.29, 1.82) is 5.26 Å². The highest BCUT2D eigenvalue weighted by molar-refractivity contribution is 7.33. The molecule has 1 saturated heterocycles. The third kappa shape index (κ3) is 9.71. The number of hydrogen-bond acceptors (Lipinski definition) is 14. The first-order valence-electron chi connectivity index (χ1n) is 24.9. The Labute approximate surface area is 438 Å². The minimum absolute atomic E-state index is 0.0358. The lowest BCUT2D eigenvalue weighted by Crippen LogP contribution is -2.46. The number of ketones is 1. The summed E-state index contributed by atoms with van der Waals surface area (Å²) in [4.78, 5) is 45.5. The van der Waals surface area contributed by atoms with Crippen molar-refractivity contribution < 1.29 is 37.4 Å². The van der Waals surface area contributed by atoms with Crippen molar-refractivity contribution in [3.8, 4) is 17.6 Å². The van der Waals surface area contributed by atoms with Gasteiger partial charge in [0.25, 0.3) is 5.56 Å². The van der Waals surface area contributed by atoms with E-state index in [0.717, 1.165) is 42.4 Å². The molecule has 0 aliphatic carbocycles. The molecular weight excluding hydrogens is 986 g/mol. The van der Waals surface area contributed by atoms with E-state index in [1.165, 1.54) is 23.1 Å². The number of nitrogens with zero attached hydrogens (tertiary/aromatic N) is 6. The summed E-state index contributed by atoms with van der Waals surface area (Å²) in [5, 5.41) is 25.0. The molecule has 18 heteroatoms. The predicted octanol–water partition coefficient (Wildman–Crippen LogP) is 9.22. The highest BCUT2D eigenvalue weighted by Gasteiger charge is 2.51. The van der Waals surface area contributed by atoms with Gasteiger partial charge in [-0.05, 0) is 107 Å². The lowest BCUT2D eigenvalue weighted by atomic mass is 9.80. The van der Waals surface area contributed by atoms with Crippen LogP contribution in [0.4, 0.5) is 0 Å². The number of ether oxygens (including phenoxy) is 4. The second-order valence-corrected chi connectivity index (χ2v) is 20.2. The smallest absolute Gasteiger partial charge is 0.330 e. The number of rotatable bonds is 20. The topological polar surface area (TPSA) is 202 Å². The highest BCUT2D eigenvalue weighted by Crippen LogP contribution is 2.47. The Balaban J connectivity index is 1.09. The van der Waals surface area contributed by atoms with Gasteiger partial charge >= 0.3 is 13.9 Å². The Bertz CT molecular complexity index is 3640. The van der Waals surface area contributed by atoms with Gasteiger partial charge in [-0.1, -0.05) is 108 Å². The number of aromatic nitrogens is 5. The molecule has 4 unspecified atom stereocenters. The zero-order valence-electron chi connectivity index (χ0n) is 42.7. The van der Waals surface area contributed by atoms with Crippen LogP contribution in [0.25, 0.3) is 32.3 Å². The van der Waals surface area contributed by atoms with Crippen LogP contribution in [0.1, 0.15) is 72.7 Å². The summed E-state index contributed by atoms with van der Waals surface area (Å²) in [6.45, 7) is 7.28. The maximum Gasteiger partial charge on any atom is 0.330 e. The summed E-state index contributed by atoms with van der Waals surface area (Å²) >= 11 is 0. The largest absolute Gasteiger partial charge is 0.497 e. The van der Waals surface area contributed by atoms with Crippen LogP contribution in [0.2, 0.25) is 0 Å². The van der Waals surface area contributed by atoms with Crippen LogP contribution in [0.5, 0.6) is 11.5 Å². The second-order valence-electron chi connectivity index (χ2n) is 19.2. The molecule has 10 rings (SSSR count). The van der Waals surface area contributed by atoms with E-state index in [-0.39, 0.29) is 31.0 Å². The Hall–Kier alpha value is -7.81. The third-order valence-corrected chi connectivity index (χ3v) is 15.1. The molecule has 1 aliphatic heterocycles. The van der Waals surface area contributed by atoms with Gasteiger partial charge in [-0.25, -0.2) is 9.48 Å². The van der Waals surface area contributed by atoms with Crippen LogP contribution in [0, 0.1) is 11.3 Å². The molecule has 1 aliphatic rings. The molecule has 2 aromatic heterocycles. The zero-order valence-corrected chi connectivity index (χ0v) is 43.7. The monoisotopic (exact) mass is 1040 g/mol. The lowest BCUT2D eigenvalue weighted by molar-refractivity contribution is -0.0927. The zero-order chi connectivity index (χ0) is 53.3. The van der Waals surface area contributed by atoms with E-state index < -0.39 is 61.4 Å². The number of nitriles is 1. The van der Waals surface area contributed by atoms with Crippen molar-refractivity contribution in [2.45, 2.75) is 75.9 Å². The molecule has 388 valence electrons. The molecule has 0 bridgehead atoms. The average Bonchev–Trinajstić information content (AvgIpc) is 4.07. The van der Waals surface area contributed by atoms with Gasteiger partial charge in [-0.15, -0.1) is 5.10 Å². The molecule has 1 N–H and O–H groups in total. The Morgan fingerprint density at radius 2 is 1.39 bits per heavy atom. The van der Waals surface area contributed by atoms with Crippen molar-refractivity contribution in [3.05, 3.63) is 201 Å². The van der Waals surface area contributed by atoms with E-state index in [4.69, 9.17) is 28.0 Å². The van der Waals surface area contributed by atoms with E-state index >= 15 is 0 Å². The van der Waals surface area contributed by atoms with Crippen molar-refractivity contribution >= 4 is 46.4 Å². The number of methoxy groups -OCH3 is 2. The SMILES string of the molecule is COc1ccc(C(OC[C@@H]2O[C@H](n3ccc(=O)[nH]c3=O)C(n3cc(C(=O)c4ccc5ccc6cccc7ccc4c5c67)nn3)C2O[PH](=O)OCC(C#N)N(C(C)C)C(C)C)(c2ccccc2)c2ccc(OC)cc2)cc1.